The minimum absolute atomic E-state index is 0.368. The summed E-state index contributed by atoms with van der Waals surface area (Å²) in [6.07, 6.45) is 8.60. The topological polar surface area (TPSA) is 40.6 Å². The minimum atomic E-state index is -0.510. The number of carbonyl (C=O) groups is 2. The van der Waals surface area contributed by atoms with Crippen molar-refractivity contribution in [2.24, 2.45) is 0 Å². The Bertz CT molecular complexity index is 636. The molecule has 0 N–H and O–H groups in total. The van der Waals surface area contributed by atoms with E-state index in [9.17, 15) is 9.59 Å². The van der Waals surface area contributed by atoms with Crippen LogP contribution in [0.15, 0.2) is 60.3 Å². The van der Waals surface area contributed by atoms with E-state index in [1.807, 2.05) is 63.2 Å². The summed E-state index contributed by atoms with van der Waals surface area (Å²) in [6, 6.07) is 7.01. The Balaban J connectivity index is 3.01. The second-order valence-corrected chi connectivity index (χ2v) is 5.53. The maximum atomic E-state index is 12.4. The molecule has 4 heteroatoms. The maximum Gasteiger partial charge on any atom is 0.233 e. The fourth-order valence-corrected chi connectivity index (χ4v) is 1.88. The third-order valence-electron chi connectivity index (χ3n) is 3.12. The highest BCUT2D eigenvalue weighted by molar-refractivity contribution is 6.49. The number of ketones is 2. The van der Waals surface area contributed by atoms with Crippen molar-refractivity contribution in [3.63, 3.8) is 0 Å². The normalized spacial score (nSPS) is 12.0. The first kappa shape index (κ1) is 18.4. The molecule has 4 nitrogen and oxygen atoms in total. The predicted molar refractivity (Wildman–Crippen MR) is 95.8 cm³/mol. The van der Waals surface area contributed by atoms with Crippen LogP contribution in [-0.2, 0) is 4.79 Å². The summed E-state index contributed by atoms with van der Waals surface area (Å²) in [6.45, 7) is 1.81. The average Bonchev–Trinajstić information content (AvgIpc) is 2.52. The Kier molecular flexibility index (Phi) is 7.00. The highest BCUT2D eigenvalue weighted by Gasteiger charge is 2.18. The number of hydrogen-bond acceptors (Lipinski definition) is 4. The molecule has 0 saturated heterocycles. The van der Waals surface area contributed by atoms with E-state index >= 15 is 0 Å². The maximum absolute atomic E-state index is 12.4. The molecule has 0 amide bonds. The summed E-state index contributed by atoms with van der Waals surface area (Å²) in [5.74, 6) is -1.01. The fourth-order valence-electron chi connectivity index (χ4n) is 1.88. The molecule has 0 aliphatic heterocycles. The monoisotopic (exact) mass is 312 g/mol. The van der Waals surface area contributed by atoms with Gasteiger partial charge in [-0.25, -0.2) is 0 Å². The highest BCUT2D eigenvalue weighted by atomic mass is 16.2. The van der Waals surface area contributed by atoms with Crippen molar-refractivity contribution < 1.29 is 9.59 Å². The van der Waals surface area contributed by atoms with Crippen LogP contribution in [0.3, 0.4) is 0 Å². The van der Waals surface area contributed by atoms with Gasteiger partial charge < -0.3 is 9.80 Å². The number of carbonyl (C=O) groups excluding carboxylic acids is 2. The zero-order valence-electron chi connectivity index (χ0n) is 14.4. The van der Waals surface area contributed by atoms with Gasteiger partial charge in [-0.15, -0.1) is 0 Å². The van der Waals surface area contributed by atoms with Crippen LogP contribution in [0.5, 0.6) is 0 Å². The lowest BCUT2D eigenvalue weighted by atomic mass is 10.0. The van der Waals surface area contributed by atoms with Gasteiger partial charge in [0.25, 0.3) is 0 Å². The lowest BCUT2D eigenvalue weighted by Crippen LogP contribution is -2.16. The molecule has 0 bridgehead atoms. The Morgan fingerprint density at radius 2 is 1.61 bits per heavy atom. The summed E-state index contributed by atoms with van der Waals surface area (Å²) >= 11 is 0. The van der Waals surface area contributed by atoms with Gasteiger partial charge in [-0.1, -0.05) is 12.2 Å². The number of nitrogens with zero attached hydrogens (tertiary/aromatic N) is 2. The van der Waals surface area contributed by atoms with E-state index in [1.54, 1.807) is 36.4 Å². The molecule has 0 unspecified atom stereocenters. The van der Waals surface area contributed by atoms with Crippen molar-refractivity contribution in [1.82, 2.24) is 4.90 Å². The number of hydrogen-bond donors (Lipinski definition) is 0. The van der Waals surface area contributed by atoms with Crippen LogP contribution in [-0.4, -0.2) is 44.7 Å². The molecule has 0 saturated carbocycles. The second-order valence-electron chi connectivity index (χ2n) is 5.53. The molecule has 0 fully saturated rings. The van der Waals surface area contributed by atoms with Crippen molar-refractivity contribution >= 4 is 17.3 Å². The number of allylic oxidation sites excluding steroid dienone is 5. The molecule has 0 atom stereocenters. The summed E-state index contributed by atoms with van der Waals surface area (Å²) in [5, 5.41) is 0. The summed E-state index contributed by atoms with van der Waals surface area (Å²) in [7, 11) is 7.62. The Labute approximate surface area is 138 Å². The van der Waals surface area contributed by atoms with Gasteiger partial charge in [0, 0.05) is 45.0 Å². The zero-order chi connectivity index (χ0) is 17.4. The Hall–Kier alpha value is -2.62. The molecule has 0 heterocycles. The van der Waals surface area contributed by atoms with E-state index in [0.717, 1.165) is 5.69 Å². The van der Waals surface area contributed by atoms with E-state index in [2.05, 4.69) is 0 Å². The first-order valence-corrected chi connectivity index (χ1v) is 7.40. The average molecular weight is 312 g/mol. The smallest absolute Gasteiger partial charge is 0.233 e. The molecule has 1 aromatic rings. The molecule has 0 aliphatic rings. The van der Waals surface area contributed by atoms with Gasteiger partial charge in [-0.2, -0.15) is 0 Å². The van der Waals surface area contributed by atoms with E-state index in [1.165, 1.54) is 0 Å². The van der Waals surface area contributed by atoms with E-state index < -0.39 is 11.6 Å². The molecule has 0 spiro atoms. The van der Waals surface area contributed by atoms with Gasteiger partial charge in [0.15, 0.2) is 0 Å². The van der Waals surface area contributed by atoms with Crippen molar-refractivity contribution in [3.8, 4) is 0 Å². The van der Waals surface area contributed by atoms with Crippen LogP contribution in [0.4, 0.5) is 5.69 Å². The SMILES string of the molecule is C\C=C/C(=C\C=C\N(C)C)C(=O)C(=O)c1ccc(N(C)C)cc1. The molecule has 23 heavy (non-hydrogen) atoms. The molecule has 0 radical (unpaired) electrons. The molecule has 1 aromatic carbocycles. The van der Waals surface area contributed by atoms with Gasteiger partial charge in [0.1, 0.15) is 0 Å². The second kappa shape index (κ2) is 8.73. The van der Waals surface area contributed by atoms with Crippen molar-refractivity contribution in [1.29, 1.82) is 0 Å². The summed E-state index contributed by atoms with van der Waals surface area (Å²) in [5.41, 5.74) is 1.74. The van der Waals surface area contributed by atoms with E-state index in [-0.39, 0.29) is 0 Å². The first-order chi connectivity index (χ1) is 10.9. The standard InChI is InChI=1S/C19H24N2O2/c1-6-8-15(9-7-14-20(2)3)18(22)19(23)16-10-12-17(13-11-16)21(4)5/h6-14H,1-5H3/b8-6-,14-7+,15-9+. The Morgan fingerprint density at radius 1 is 1.00 bits per heavy atom. The minimum Gasteiger partial charge on any atom is -0.383 e. The van der Waals surface area contributed by atoms with Crippen LogP contribution in [0.2, 0.25) is 0 Å². The van der Waals surface area contributed by atoms with Crippen molar-refractivity contribution in [2.75, 3.05) is 33.1 Å². The van der Waals surface area contributed by atoms with Gasteiger partial charge in [-0.3, -0.25) is 9.59 Å². The predicted octanol–water partition coefficient (Wildman–Crippen LogP) is 3.08. The summed E-state index contributed by atoms with van der Waals surface area (Å²) in [4.78, 5) is 28.6. The summed E-state index contributed by atoms with van der Waals surface area (Å²) < 4.78 is 0. The lowest BCUT2D eigenvalue weighted by molar-refractivity contribution is -0.111. The van der Waals surface area contributed by atoms with E-state index in [0.29, 0.717) is 11.1 Å². The van der Waals surface area contributed by atoms with Crippen molar-refractivity contribution in [3.05, 3.63) is 65.9 Å². The van der Waals surface area contributed by atoms with Crippen LogP contribution >= 0.6 is 0 Å². The number of anilines is 1. The van der Waals surface area contributed by atoms with Crippen LogP contribution in [0.25, 0.3) is 0 Å². The van der Waals surface area contributed by atoms with Gasteiger partial charge in [0.05, 0.1) is 0 Å². The Morgan fingerprint density at radius 3 is 2.09 bits per heavy atom. The highest BCUT2D eigenvalue weighted by Crippen LogP contribution is 2.14. The first-order valence-electron chi connectivity index (χ1n) is 7.40. The molecule has 122 valence electrons. The van der Waals surface area contributed by atoms with Gasteiger partial charge in [0.2, 0.25) is 11.6 Å². The van der Waals surface area contributed by atoms with Crippen LogP contribution < -0.4 is 4.90 Å². The quantitative estimate of drug-likeness (QED) is 0.336. The number of benzene rings is 1. The van der Waals surface area contributed by atoms with Crippen LogP contribution in [0, 0.1) is 0 Å². The lowest BCUT2D eigenvalue weighted by Gasteiger charge is -2.12. The third-order valence-corrected chi connectivity index (χ3v) is 3.12. The molecule has 1 rings (SSSR count). The van der Waals surface area contributed by atoms with Crippen LogP contribution in [0.1, 0.15) is 17.3 Å². The van der Waals surface area contributed by atoms with Gasteiger partial charge >= 0.3 is 0 Å². The molecule has 0 aliphatic carbocycles. The fraction of sp³-hybridized carbons (Fsp3) is 0.263. The number of Topliss-reactive ketones (excluding diaryl/α,β-unsaturated/α-hetero) is 2. The number of rotatable bonds is 7. The van der Waals surface area contributed by atoms with Gasteiger partial charge in [-0.05, 0) is 49.5 Å². The third kappa shape index (κ3) is 5.58. The largest absolute Gasteiger partial charge is 0.383 e. The van der Waals surface area contributed by atoms with E-state index in [4.69, 9.17) is 0 Å². The zero-order valence-corrected chi connectivity index (χ0v) is 14.4. The molecule has 0 aromatic heterocycles. The molecular weight excluding hydrogens is 288 g/mol. The van der Waals surface area contributed by atoms with Crippen molar-refractivity contribution in [2.45, 2.75) is 6.92 Å². The molecular formula is C19H24N2O2.